The van der Waals surface area contributed by atoms with Crippen molar-refractivity contribution in [2.75, 3.05) is 46.4 Å². The minimum Gasteiger partial charge on any atom is -0.383 e. The molecule has 2 aromatic carbocycles. The second-order valence-electron chi connectivity index (χ2n) is 8.16. The Morgan fingerprint density at radius 1 is 0.969 bits per heavy atom. The summed E-state index contributed by atoms with van der Waals surface area (Å²) in [6.45, 7) is 6.70. The van der Waals surface area contributed by atoms with Gasteiger partial charge in [-0.25, -0.2) is 9.67 Å². The zero-order valence-corrected chi connectivity index (χ0v) is 18.9. The molecule has 0 spiro atoms. The van der Waals surface area contributed by atoms with E-state index >= 15 is 0 Å². The van der Waals surface area contributed by atoms with Gasteiger partial charge in [-0.2, -0.15) is 0 Å². The van der Waals surface area contributed by atoms with Gasteiger partial charge in [0.1, 0.15) is 5.82 Å². The number of hydrogen-bond donors (Lipinski definition) is 0. The monoisotopic (exact) mass is 433 g/mol. The summed E-state index contributed by atoms with van der Waals surface area (Å²) < 4.78 is 7.01. The van der Waals surface area contributed by atoms with Crippen molar-refractivity contribution in [2.24, 2.45) is 0 Å². The van der Waals surface area contributed by atoms with E-state index in [9.17, 15) is 4.79 Å². The Morgan fingerprint density at radius 2 is 1.69 bits per heavy atom. The van der Waals surface area contributed by atoms with Gasteiger partial charge in [0.05, 0.1) is 12.3 Å². The summed E-state index contributed by atoms with van der Waals surface area (Å²) in [5, 5.41) is 4.68. The van der Waals surface area contributed by atoms with Gasteiger partial charge in [-0.3, -0.25) is 9.69 Å². The first-order valence-corrected chi connectivity index (χ1v) is 11.2. The Hall–Kier alpha value is -3.03. The first kappa shape index (κ1) is 22.2. The van der Waals surface area contributed by atoms with Crippen LogP contribution in [-0.4, -0.2) is 76.9 Å². The van der Waals surface area contributed by atoms with E-state index in [1.807, 2.05) is 46.0 Å². The average molecular weight is 434 g/mol. The summed E-state index contributed by atoms with van der Waals surface area (Å²) in [6, 6.07) is 18.4. The molecular formula is C25H31N5O2. The SMILES string of the molecule is COCCN1CCN(C(=O)c2nc(CCc3ccccc3)n(-c3ccccc3C)n2)CC1. The van der Waals surface area contributed by atoms with Crippen LogP contribution in [0.5, 0.6) is 0 Å². The van der Waals surface area contributed by atoms with Gasteiger partial charge in [0.2, 0.25) is 5.82 Å². The first-order chi connectivity index (χ1) is 15.7. The number of piperazine rings is 1. The summed E-state index contributed by atoms with van der Waals surface area (Å²) in [4.78, 5) is 22.1. The molecule has 0 N–H and O–H groups in total. The molecular weight excluding hydrogens is 402 g/mol. The number of ether oxygens (including phenoxy) is 1. The summed E-state index contributed by atoms with van der Waals surface area (Å²) in [6.07, 6.45) is 1.56. The van der Waals surface area contributed by atoms with E-state index in [4.69, 9.17) is 9.72 Å². The van der Waals surface area contributed by atoms with E-state index in [2.05, 4.69) is 35.1 Å². The standard InChI is InChI=1S/C25H31N5O2/c1-20-8-6-7-11-22(20)30-23(13-12-21-9-4-3-5-10-21)26-24(27-30)25(31)29-16-14-28(15-17-29)18-19-32-2/h3-11H,12-19H2,1-2H3. The van der Waals surface area contributed by atoms with Crippen LogP contribution < -0.4 is 0 Å². The van der Waals surface area contributed by atoms with Crippen LogP contribution in [0.1, 0.15) is 27.6 Å². The van der Waals surface area contributed by atoms with Crippen LogP contribution in [-0.2, 0) is 17.6 Å². The van der Waals surface area contributed by atoms with Gasteiger partial charge in [-0.05, 0) is 30.5 Å². The molecule has 32 heavy (non-hydrogen) atoms. The first-order valence-electron chi connectivity index (χ1n) is 11.2. The lowest BCUT2D eigenvalue weighted by Gasteiger charge is -2.33. The zero-order valence-electron chi connectivity index (χ0n) is 18.9. The number of methoxy groups -OCH3 is 1. The molecule has 1 saturated heterocycles. The Bertz CT molecular complexity index is 1030. The van der Waals surface area contributed by atoms with Crippen molar-refractivity contribution >= 4 is 5.91 Å². The number of carbonyl (C=O) groups excluding carboxylic acids is 1. The number of nitrogens with zero attached hydrogens (tertiary/aromatic N) is 5. The quantitative estimate of drug-likeness (QED) is 0.547. The molecule has 7 heteroatoms. The van der Waals surface area contributed by atoms with Crippen molar-refractivity contribution in [3.05, 3.63) is 77.4 Å². The second kappa shape index (κ2) is 10.5. The van der Waals surface area contributed by atoms with Crippen molar-refractivity contribution < 1.29 is 9.53 Å². The van der Waals surface area contributed by atoms with Crippen LogP contribution in [0.15, 0.2) is 54.6 Å². The van der Waals surface area contributed by atoms with E-state index in [0.29, 0.717) is 26.1 Å². The predicted molar refractivity (Wildman–Crippen MR) is 124 cm³/mol. The molecule has 1 aliphatic rings. The maximum Gasteiger partial charge on any atom is 0.293 e. The molecule has 0 bridgehead atoms. The molecule has 2 heterocycles. The topological polar surface area (TPSA) is 63.5 Å². The van der Waals surface area contributed by atoms with E-state index < -0.39 is 0 Å². The van der Waals surface area contributed by atoms with Gasteiger partial charge in [0.15, 0.2) is 0 Å². The molecule has 0 atom stereocenters. The number of carbonyl (C=O) groups is 1. The molecule has 168 valence electrons. The molecule has 1 aliphatic heterocycles. The fraction of sp³-hybridized carbons (Fsp3) is 0.400. The van der Waals surface area contributed by atoms with Crippen molar-refractivity contribution in [3.8, 4) is 5.69 Å². The van der Waals surface area contributed by atoms with Crippen molar-refractivity contribution in [1.82, 2.24) is 24.6 Å². The molecule has 1 amide bonds. The Morgan fingerprint density at radius 3 is 2.41 bits per heavy atom. The zero-order chi connectivity index (χ0) is 22.3. The van der Waals surface area contributed by atoms with Gasteiger partial charge in [-0.1, -0.05) is 48.5 Å². The number of aromatic nitrogens is 3. The highest BCUT2D eigenvalue weighted by atomic mass is 16.5. The van der Waals surface area contributed by atoms with Crippen molar-refractivity contribution in [1.29, 1.82) is 0 Å². The number of benzene rings is 2. The molecule has 0 saturated carbocycles. The maximum atomic E-state index is 13.2. The lowest BCUT2D eigenvalue weighted by Crippen LogP contribution is -2.49. The van der Waals surface area contributed by atoms with Crippen molar-refractivity contribution in [2.45, 2.75) is 19.8 Å². The van der Waals surface area contributed by atoms with Crippen molar-refractivity contribution in [3.63, 3.8) is 0 Å². The molecule has 7 nitrogen and oxygen atoms in total. The number of hydrogen-bond acceptors (Lipinski definition) is 5. The summed E-state index contributed by atoms with van der Waals surface area (Å²) >= 11 is 0. The Kier molecular flexibility index (Phi) is 7.29. The molecule has 1 fully saturated rings. The molecule has 0 aliphatic carbocycles. The van der Waals surface area contributed by atoms with Gasteiger partial charge in [0, 0.05) is 46.3 Å². The highest BCUT2D eigenvalue weighted by molar-refractivity contribution is 5.90. The van der Waals surface area contributed by atoms with E-state index in [1.165, 1.54) is 5.56 Å². The van der Waals surface area contributed by atoms with E-state index in [0.717, 1.165) is 43.1 Å². The third kappa shape index (κ3) is 5.23. The third-order valence-corrected chi connectivity index (χ3v) is 5.96. The van der Waals surface area contributed by atoms with Gasteiger partial charge in [-0.15, -0.1) is 5.10 Å². The second-order valence-corrected chi connectivity index (χ2v) is 8.16. The molecule has 4 rings (SSSR count). The number of aryl methyl sites for hydroxylation is 3. The lowest BCUT2D eigenvalue weighted by atomic mass is 10.1. The van der Waals surface area contributed by atoms with Crippen LogP contribution in [0, 0.1) is 6.92 Å². The summed E-state index contributed by atoms with van der Waals surface area (Å²) in [5.41, 5.74) is 3.31. The van der Waals surface area contributed by atoms with Crippen LogP contribution >= 0.6 is 0 Å². The minimum absolute atomic E-state index is 0.0929. The van der Waals surface area contributed by atoms with E-state index in [1.54, 1.807) is 7.11 Å². The largest absolute Gasteiger partial charge is 0.383 e. The number of amides is 1. The minimum atomic E-state index is -0.0929. The average Bonchev–Trinajstić information content (AvgIpc) is 3.26. The number of rotatable bonds is 8. The Balaban J connectivity index is 1.53. The molecule has 0 unspecified atom stereocenters. The molecule has 3 aromatic rings. The summed E-state index contributed by atoms with van der Waals surface area (Å²) in [5.74, 6) is 0.997. The van der Waals surface area contributed by atoms with E-state index in [-0.39, 0.29) is 11.7 Å². The predicted octanol–water partition coefficient (Wildman–Crippen LogP) is 2.77. The van der Waals surface area contributed by atoms with Crippen LogP contribution in [0.25, 0.3) is 5.69 Å². The van der Waals surface area contributed by atoms with Crippen LogP contribution in [0.2, 0.25) is 0 Å². The highest BCUT2D eigenvalue weighted by Crippen LogP contribution is 2.17. The highest BCUT2D eigenvalue weighted by Gasteiger charge is 2.26. The normalized spacial score (nSPS) is 14.6. The van der Waals surface area contributed by atoms with Crippen LogP contribution in [0.3, 0.4) is 0 Å². The fourth-order valence-corrected chi connectivity index (χ4v) is 4.03. The van der Waals surface area contributed by atoms with Gasteiger partial charge < -0.3 is 9.64 Å². The smallest absolute Gasteiger partial charge is 0.293 e. The van der Waals surface area contributed by atoms with Crippen LogP contribution in [0.4, 0.5) is 0 Å². The third-order valence-electron chi connectivity index (χ3n) is 5.96. The molecule has 1 aromatic heterocycles. The lowest BCUT2D eigenvalue weighted by molar-refractivity contribution is 0.0583. The molecule has 0 radical (unpaired) electrons. The Labute approximate surface area is 189 Å². The summed E-state index contributed by atoms with van der Waals surface area (Å²) in [7, 11) is 1.71. The maximum absolute atomic E-state index is 13.2. The van der Waals surface area contributed by atoms with Gasteiger partial charge >= 0.3 is 0 Å². The fourth-order valence-electron chi connectivity index (χ4n) is 4.03. The van der Waals surface area contributed by atoms with Gasteiger partial charge in [0.25, 0.3) is 5.91 Å². The number of para-hydroxylation sites is 1.